The molecule has 0 aromatic carbocycles. The highest BCUT2D eigenvalue weighted by Crippen LogP contribution is 2.30. The molecule has 2 heteroatoms. The first-order chi connectivity index (χ1) is 6.79. The summed E-state index contributed by atoms with van der Waals surface area (Å²) in [6, 6.07) is 0. The predicted molar refractivity (Wildman–Crippen MR) is 69.2 cm³/mol. The summed E-state index contributed by atoms with van der Waals surface area (Å²) in [6.07, 6.45) is 7.73. The fraction of sp³-hybridized carbons (Fsp3) is 0.667. The molecule has 0 unspecified atom stereocenters. The molecule has 0 radical (unpaired) electrons. The van der Waals surface area contributed by atoms with Crippen LogP contribution in [0.15, 0.2) is 9.17 Å². The molecule has 0 aliphatic rings. The minimum Gasteiger partial charge on any atom is -0.136 e. The average Bonchev–Trinajstić information content (AvgIpc) is 2.53. The third-order valence-corrected chi connectivity index (χ3v) is 4.40. The molecular weight excluding hydrogens is 256 g/mol. The summed E-state index contributed by atoms with van der Waals surface area (Å²) in [5.41, 5.74) is 3.16. The lowest BCUT2D eigenvalue weighted by Gasteiger charge is -2.03. The van der Waals surface area contributed by atoms with Crippen molar-refractivity contribution in [3.8, 4) is 0 Å². The molecule has 0 amide bonds. The molecule has 1 aromatic heterocycles. The van der Waals surface area contributed by atoms with Gasteiger partial charge in [-0.15, -0.1) is 11.3 Å². The monoisotopic (exact) mass is 274 g/mol. The molecule has 0 spiro atoms. The summed E-state index contributed by atoms with van der Waals surface area (Å²) in [7, 11) is 0. The van der Waals surface area contributed by atoms with Gasteiger partial charge in [0.25, 0.3) is 0 Å². The largest absolute Gasteiger partial charge is 0.136 e. The molecule has 0 aliphatic heterocycles. The van der Waals surface area contributed by atoms with Gasteiger partial charge in [-0.05, 0) is 58.1 Å². The standard InChI is InChI=1S/C12H19BrS/c1-3-5-7-10-9-14-12(13)11(10)8-6-4-2/h9H,3-8H2,1-2H3. The van der Waals surface area contributed by atoms with Crippen molar-refractivity contribution in [2.24, 2.45) is 0 Å². The van der Waals surface area contributed by atoms with Gasteiger partial charge in [-0.2, -0.15) is 0 Å². The maximum atomic E-state index is 3.66. The van der Waals surface area contributed by atoms with Crippen LogP contribution in [0.5, 0.6) is 0 Å². The van der Waals surface area contributed by atoms with E-state index in [1.807, 2.05) is 11.3 Å². The lowest BCUT2D eigenvalue weighted by atomic mass is 10.0. The van der Waals surface area contributed by atoms with Crippen LogP contribution in [-0.4, -0.2) is 0 Å². The Morgan fingerprint density at radius 3 is 2.43 bits per heavy atom. The summed E-state index contributed by atoms with van der Waals surface area (Å²) in [5, 5.41) is 2.32. The number of unbranched alkanes of at least 4 members (excludes halogenated alkanes) is 2. The maximum Gasteiger partial charge on any atom is 0.0733 e. The summed E-state index contributed by atoms with van der Waals surface area (Å²) < 4.78 is 1.36. The van der Waals surface area contributed by atoms with E-state index in [1.165, 1.54) is 42.3 Å². The SMILES string of the molecule is CCCCc1csc(Br)c1CCCC. The number of rotatable bonds is 6. The van der Waals surface area contributed by atoms with E-state index in [1.54, 1.807) is 11.1 Å². The highest BCUT2D eigenvalue weighted by molar-refractivity contribution is 9.11. The fourth-order valence-electron chi connectivity index (χ4n) is 1.58. The smallest absolute Gasteiger partial charge is 0.0733 e. The molecule has 0 N–H and O–H groups in total. The fourth-order valence-corrected chi connectivity index (χ4v) is 3.20. The summed E-state index contributed by atoms with van der Waals surface area (Å²) in [5.74, 6) is 0. The first kappa shape index (κ1) is 12.3. The Balaban J connectivity index is 2.62. The normalized spacial score (nSPS) is 10.8. The van der Waals surface area contributed by atoms with Crippen molar-refractivity contribution in [2.45, 2.75) is 52.4 Å². The molecule has 0 nitrogen and oxygen atoms in total. The van der Waals surface area contributed by atoms with Crippen molar-refractivity contribution in [3.63, 3.8) is 0 Å². The van der Waals surface area contributed by atoms with E-state index < -0.39 is 0 Å². The third kappa shape index (κ3) is 3.39. The van der Waals surface area contributed by atoms with Crippen LogP contribution < -0.4 is 0 Å². The zero-order valence-electron chi connectivity index (χ0n) is 9.11. The highest BCUT2D eigenvalue weighted by atomic mass is 79.9. The molecule has 80 valence electrons. The van der Waals surface area contributed by atoms with Crippen LogP contribution in [0.3, 0.4) is 0 Å². The summed E-state index contributed by atoms with van der Waals surface area (Å²) in [4.78, 5) is 0. The molecule has 0 aliphatic carbocycles. The second kappa shape index (κ2) is 6.62. The first-order valence-corrected chi connectivity index (χ1v) is 7.21. The van der Waals surface area contributed by atoms with Crippen molar-refractivity contribution in [1.29, 1.82) is 0 Å². The summed E-state index contributed by atoms with van der Waals surface area (Å²) in [6.45, 7) is 4.51. The molecule has 14 heavy (non-hydrogen) atoms. The summed E-state index contributed by atoms with van der Waals surface area (Å²) >= 11 is 5.51. The van der Waals surface area contributed by atoms with Crippen LogP contribution in [0.4, 0.5) is 0 Å². The minimum atomic E-state index is 1.25. The zero-order valence-corrected chi connectivity index (χ0v) is 11.5. The van der Waals surface area contributed by atoms with E-state index in [-0.39, 0.29) is 0 Å². The average molecular weight is 275 g/mol. The topological polar surface area (TPSA) is 0 Å². The van der Waals surface area contributed by atoms with Crippen molar-refractivity contribution < 1.29 is 0 Å². The van der Waals surface area contributed by atoms with Crippen molar-refractivity contribution in [1.82, 2.24) is 0 Å². The lowest BCUT2D eigenvalue weighted by molar-refractivity contribution is 0.761. The quantitative estimate of drug-likeness (QED) is 0.669. The molecule has 0 saturated carbocycles. The Bertz CT molecular complexity index is 265. The van der Waals surface area contributed by atoms with Crippen LogP contribution in [0.1, 0.15) is 50.7 Å². The van der Waals surface area contributed by atoms with Gasteiger partial charge < -0.3 is 0 Å². The second-order valence-electron chi connectivity index (χ2n) is 3.72. The Morgan fingerprint density at radius 2 is 1.79 bits per heavy atom. The van der Waals surface area contributed by atoms with Gasteiger partial charge in [-0.25, -0.2) is 0 Å². The maximum absolute atomic E-state index is 3.66. The molecule has 0 saturated heterocycles. The Kier molecular flexibility index (Phi) is 5.80. The van der Waals surface area contributed by atoms with Crippen LogP contribution >= 0.6 is 27.3 Å². The van der Waals surface area contributed by atoms with Gasteiger partial charge in [0.15, 0.2) is 0 Å². The third-order valence-electron chi connectivity index (χ3n) is 2.51. The molecule has 0 fully saturated rings. The van der Waals surface area contributed by atoms with Gasteiger partial charge in [0, 0.05) is 0 Å². The number of thiophene rings is 1. The van der Waals surface area contributed by atoms with Crippen LogP contribution in [0, 0.1) is 0 Å². The van der Waals surface area contributed by atoms with Crippen LogP contribution in [0.2, 0.25) is 0 Å². The van der Waals surface area contributed by atoms with Crippen LogP contribution in [0.25, 0.3) is 0 Å². The van der Waals surface area contributed by atoms with Crippen LogP contribution in [-0.2, 0) is 12.8 Å². The van der Waals surface area contributed by atoms with E-state index in [9.17, 15) is 0 Å². The molecule has 1 rings (SSSR count). The molecule has 1 heterocycles. The molecule has 0 atom stereocenters. The number of halogens is 1. The Labute approximate surface area is 99.9 Å². The van der Waals surface area contributed by atoms with E-state index >= 15 is 0 Å². The number of hydrogen-bond acceptors (Lipinski definition) is 1. The first-order valence-electron chi connectivity index (χ1n) is 5.54. The lowest BCUT2D eigenvalue weighted by Crippen LogP contribution is -1.91. The van der Waals surface area contributed by atoms with Gasteiger partial charge in [-0.3, -0.25) is 0 Å². The minimum absolute atomic E-state index is 1.25. The molecular formula is C12H19BrS. The number of hydrogen-bond donors (Lipinski definition) is 0. The van der Waals surface area contributed by atoms with Crippen molar-refractivity contribution in [3.05, 3.63) is 20.3 Å². The second-order valence-corrected chi connectivity index (χ2v) is 5.92. The Hall–Kier alpha value is 0.180. The van der Waals surface area contributed by atoms with Gasteiger partial charge in [-0.1, -0.05) is 26.7 Å². The van der Waals surface area contributed by atoms with E-state index in [4.69, 9.17) is 0 Å². The highest BCUT2D eigenvalue weighted by Gasteiger charge is 2.08. The number of aryl methyl sites for hydroxylation is 1. The van der Waals surface area contributed by atoms with Crippen molar-refractivity contribution >= 4 is 27.3 Å². The molecule has 0 bridgehead atoms. The Morgan fingerprint density at radius 1 is 1.14 bits per heavy atom. The van der Waals surface area contributed by atoms with Gasteiger partial charge in [0.1, 0.15) is 0 Å². The predicted octanol–water partition coefficient (Wildman–Crippen LogP) is 5.20. The van der Waals surface area contributed by atoms with Gasteiger partial charge >= 0.3 is 0 Å². The van der Waals surface area contributed by atoms with E-state index in [0.717, 1.165) is 0 Å². The van der Waals surface area contributed by atoms with Gasteiger partial charge in [0.2, 0.25) is 0 Å². The molecule has 1 aromatic rings. The van der Waals surface area contributed by atoms with Crippen molar-refractivity contribution in [2.75, 3.05) is 0 Å². The van der Waals surface area contributed by atoms with E-state index in [0.29, 0.717) is 0 Å². The van der Waals surface area contributed by atoms with Gasteiger partial charge in [0.05, 0.1) is 3.79 Å². The van der Waals surface area contributed by atoms with E-state index in [2.05, 4.69) is 35.2 Å². The zero-order chi connectivity index (χ0) is 10.4.